The van der Waals surface area contributed by atoms with Gasteiger partial charge in [-0.05, 0) is 55.9 Å². The Labute approximate surface area is 122 Å². The molecule has 0 saturated heterocycles. The van der Waals surface area contributed by atoms with E-state index in [-0.39, 0.29) is 6.04 Å². The van der Waals surface area contributed by atoms with Crippen molar-refractivity contribution in [3.63, 3.8) is 0 Å². The minimum atomic E-state index is 0.262. The summed E-state index contributed by atoms with van der Waals surface area (Å²) >= 11 is 0. The predicted molar refractivity (Wildman–Crippen MR) is 85.6 cm³/mol. The molecule has 3 N–H and O–H groups in total. The van der Waals surface area contributed by atoms with Crippen LogP contribution < -0.4 is 11.3 Å². The molecule has 0 saturated carbocycles. The molecule has 0 bridgehead atoms. The van der Waals surface area contributed by atoms with E-state index in [4.69, 9.17) is 5.84 Å². The van der Waals surface area contributed by atoms with Crippen LogP contribution in [0.2, 0.25) is 0 Å². The zero-order chi connectivity index (χ0) is 14.5. The van der Waals surface area contributed by atoms with Crippen molar-refractivity contribution in [2.24, 2.45) is 5.84 Å². The Morgan fingerprint density at radius 1 is 0.900 bits per heavy atom. The van der Waals surface area contributed by atoms with Crippen LogP contribution in [0.15, 0.2) is 42.5 Å². The third-order valence-electron chi connectivity index (χ3n) is 3.93. The SMILES string of the molecule is Cc1ccc(CC(Cc2c(C)cccc2C)NN)cc1. The Morgan fingerprint density at radius 2 is 1.50 bits per heavy atom. The van der Waals surface area contributed by atoms with E-state index in [0.717, 1.165) is 12.8 Å². The van der Waals surface area contributed by atoms with E-state index < -0.39 is 0 Å². The zero-order valence-electron chi connectivity index (χ0n) is 12.6. The molecule has 0 aliphatic rings. The van der Waals surface area contributed by atoms with Crippen molar-refractivity contribution in [2.45, 2.75) is 39.7 Å². The average molecular weight is 268 g/mol. The highest BCUT2D eigenvalue weighted by Crippen LogP contribution is 2.17. The Balaban J connectivity index is 2.11. The number of benzene rings is 2. The molecule has 0 heterocycles. The maximum Gasteiger partial charge on any atom is 0.0291 e. The van der Waals surface area contributed by atoms with Gasteiger partial charge >= 0.3 is 0 Å². The lowest BCUT2D eigenvalue weighted by atomic mass is 9.93. The number of hydrazine groups is 1. The molecule has 0 aromatic heterocycles. The lowest BCUT2D eigenvalue weighted by molar-refractivity contribution is 0.520. The van der Waals surface area contributed by atoms with Gasteiger partial charge in [0.15, 0.2) is 0 Å². The summed E-state index contributed by atoms with van der Waals surface area (Å²) in [6, 6.07) is 15.4. The molecular weight excluding hydrogens is 244 g/mol. The number of aryl methyl sites for hydroxylation is 3. The van der Waals surface area contributed by atoms with Crippen LogP contribution in [-0.4, -0.2) is 6.04 Å². The summed E-state index contributed by atoms with van der Waals surface area (Å²) in [4.78, 5) is 0. The van der Waals surface area contributed by atoms with Crippen molar-refractivity contribution in [3.8, 4) is 0 Å². The molecular formula is C18H24N2. The molecule has 0 radical (unpaired) electrons. The van der Waals surface area contributed by atoms with Crippen LogP contribution in [0.5, 0.6) is 0 Å². The molecule has 1 unspecified atom stereocenters. The highest BCUT2D eigenvalue weighted by Gasteiger charge is 2.12. The summed E-state index contributed by atoms with van der Waals surface area (Å²) in [5.41, 5.74) is 9.67. The van der Waals surface area contributed by atoms with Crippen LogP contribution in [0.1, 0.15) is 27.8 Å². The van der Waals surface area contributed by atoms with Crippen LogP contribution in [0.4, 0.5) is 0 Å². The van der Waals surface area contributed by atoms with Gasteiger partial charge in [-0.2, -0.15) is 0 Å². The summed E-state index contributed by atoms with van der Waals surface area (Å²) in [6.45, 7) is 6.45. The lowest BCUT2D eigenvalue weighted by Crippen LogP contribution is -2.38. The van der Waals surface area contributed by atoms with Crippen LogP contribution in [-0.2, 0) is 12.8 Å². The van der Waals surface area contributed by atoms with Gasteiger partial charge in [0.25, 0.3) is 0 Å². The summed E-state index contributed by atoms with van der Waals surface area (Å²) in [5.74, 6) is 5.75. The fraction of sp³-hybridized carbons (Fsp3) is 0.333. The summed E-state index contributed by atoms with van der Waals surface area (Å²) in [7, 11) is 0. The van der Waals surface area contributed by atoms with Gasteiger partial charge in [-0.15, -0.1) is 0 Å². The molecule has 0 amide bonds. The molecule has 20 heavy (non-hydrogen) atoms. The maximum absolute atomic E-state index is 5.75. The minimum Gasteiger partial charge on any atom is -0.271 e. The van der Waals surface area contributed by atoms with Crippen LogP contribution in [0.25, 0.3) is 0 Å². The number of nitrogens with two attached hydrogens (primary N) is 1. The van der Waals surface area contributed by atoms with E-state index in [1.54, 1.807) is 0 Å². The van der Waals surface area contributed by atoms with Gasteiger partial charge in [0.05, 0.1) is 0 Å². The first-order valence-electron chi connectivity index (χ1n) is 7.17. The standard InChI is InChI=1S/C18H24N2/c1-13-7-9-16(10-8-13)11-17(20-19)12-18-14(2)5-4-6-15(18)3/h4-10,17,20H,11-12,19H2,1-3H3. The van der Waals surface area contributed by atoms with E-state index >= 15 is 0 Å². The molecule has 106 valence electrons. The van der Waals surface area contributed by atoms with Gasteiger partial charge < -0.3 is 0 Å². The Morgan fingerprint density at radius 3 is 2.05 bits per heavy atom. The van der Waals surface area contributed by atoms with Gasteiger partial charge in [0.1, 0.15) is 0 Å². The molecule has 2 heteroatoms. The maximum atomic E-state index is 5.75. The van der Waals surface area contributed by atoms with Crippen molar-refractivity contribution < 1.29 is 0 Å². The molecule has 0 aliphatic carbocycles. The zero-order valence-corrected chi connectivity index (χ0v) is 12.6. The highest BCUT2D eigenvalue weighted by molar-refractivity contribution is 5.34. The van der Waals surface area contributed by atoms with Gasteiger partial charge in [-0.25, -0.2) is 0 Å². The van der Waals surface area contributed by atoms with E-state index in [0.29, 0.717) is 0 Å². The van der Waals surface area contributed by atoms with Crippen LogP contribution in [0, 0.1) is 20.8 Å². The van der Waals surface area contributed by atoms with Crippen LogP contribution in [0.3, 0.4) is 0 Å². The number of nitrogens with one attached hydrogen (secondary N) is 1. The van der Waals surface area contributed by atoms with Gasteiger partial charge in [-0.1, -0.05) is 48.0 Å². The first-order chi connectivity index (χ1) is 9.60. The molecule has 2 rings (SSSR count). The molecule has 0 fully saturated rings. The second-order valence-corrected chi connectivity index (χ2v) is 5.63. The number of hydrogen-bond donors (Lipinski definition) is 2. The lowest BCUT2D eigenvalue weighted by Gasteiger charge is -2.19. The molecule has 2 nitrogen and oxygen atoms in total. The summed E-state index contributed by atoms with van der Waals surface area (Å²) in [5, 5.41) is 0. The third-order valence-corrected chi connectivity index (χ3v) is 3.93. The molecule has 1 atom stereocenters. The largest absolute Gasteiger partial charge is 0.271 e. The fourth-order valence-corrected chi connectivity index (χ4v) is 2.62. The molecule has 2 aromatic carbocycles. The Bertz CT molecular complexity index is 538. The normalized spacial score (nSPS) is 12.4. The van der Waals surface area contributed by atoms with Crippen molar-refractivity contribution in [2.75, 3.05) is 0 Å². The topological polar surface area (TPSA) is 38.0 Å². The van der Waals surface area contributed by atoms with E-state index in [1.807, 2.05) is 0 Å². The smallest absolute Gasteiger partial charge is 0.0291 e. The van der Waals surface area contributed by atoms with Gasteiger partial charge in [0.2, 0.25) is 0 Å². The minimum absolute atomic E-state index is 0.262. The summed E-state index contributed by atoms with van der Waals surface area (Å²) < 4.78 is 0. The van der Waals surface area contributed by atoms with Crippen molar-refractivity contribution in [1.29, 1.82) is 0 Å². The quantitative estimate of drug-likeness (QED) is 0.645. The van der Waals surface area contributed by atoms with E-state index in [1.165, 1.54) is 27.8 Å². The second-order valence-electron chi connectivity index (χ2n) is 5.63. The van der Waals surface area contributed by atoms with E-state index in [9.17, 15) is 0 Å². The predicted octanol–water partition coefficient (Wildman–Crippen LogP) is 3.23. The van der Waals surface area contributed by atoms with Gasteiger partial charge in [0, 0.05) is 6.04 Å². The first kappa shape index (κ1) is 14.8. The third kappa shape index (κ3) is 3.69. The van der Waals surface area contributed by atoms with Crippen molar-refractivity contribution >= 4 is 0 Å². The van der Waals surface area contributed by atoms with E-state index in [2.05, 4.69) is 68.7 Å². The summed E-state index contributed by atoms with van der Waals surface area (Å²) in [6.07, 6.45) is 1.91. The first-order valence-corrected chi connectivity index (χ1v) is 7.17. The van der Waals surface area contributed by atoms with Crippen LogP contribution >= 0.6 is 0 Å². The number of hydrogen-bond acceptors (Lipinski definition) is 2. The average Bonchev–Trinajstić information content (AvgIpc) is 2.44. The molecule has 0 spiro atoms. The molecule has 2 aromatic rings. The highest BCUT2D eigenvalue weighted by atomic mass is 15.2. The van der Waals surface area contributed by atoms with Crippen molar-refractivity contribution in [3.05, 3.63) is 70.3 Å². The fourth-order valence-electron chi connectivity index (χ4n) is 2.62. The monoisotopic (exact) mass is 268 g/mol. The number of rotatable bonds is 5. The van der Waals surface area contributed by atoms with Gasteiger partial charge in [-0.3, -0.25) is 11.3 Å². The Kier molecular flexibility index (Phi) is 4.94. The molecule has 0 aliphatic heterocycles. The Hall–Kier alpha value is -1.64. The second kappa shape index (κ2) is 6.69. The van der Waals surface area contributed by atoms with Crippen molar-refractivity contribution in [1.82, 2.24) is 5.43 Å².